The normalized spacial score (nSPS) is 13.7. The summed E-state index contributed by atoms with van der Waals surface area (Å²) in [5.41, 5.74) is -0.822. The van der Waals surface area contributed by atoms with Crippen molar-refractivity contribution in [1.82, 2.24) is 10.6 Å². The third kappa shape index (κ3) is 11.6. The standard InChI is InChI=1S/C28H36N2O7/c1-27(2,3)36-25(33)29-21(17-19-13-9-7-10-14-19)23(31)35-24(32)22(18-20-15-11-8-12-16-20)30-26(34)37-28(4,5)6/h7-16,21-22H,17-18H2,1-6H3,(H,29,33)(H,30,34)/t21-,22-/m0/s1/i1D,4D. The van der Waals surface area contributed by atoms with E-state index in [0.717, 1.165) is 0 Å². The van der Waals surface area contributed by atoms with Crippen molar-refractivity contribution in [3.63, 3.8) is 0 Å². The lowest BCUT2D eigenvalue weighted by atomic mass is 10.1. The second kappa shape index (κ2) is 12.9. The zero-order valence-corrected chi connectivity index (χ0v) is 21.6. The van der Waals surface area contributed by atoms with Crippen LogP contribution >= 0.6 is 0 Å². The first-order valence-corrected chi connectivity index (χ1v) is 11.7. The quantitative estimate of drug-likeness (QED) is 0.306. The summed E-state index contributed by atoms with van der Waals surface area (Å²) in [5, 5.41) is 4.85. The van der Waals surface area contributed by atoms with Gasteiger partial charge in [0, 0.05) is 15.6 Å². The van der Waals surface area contributed by atoms with Gasteiger partial charge in [-0.2, -0.15) is 0 Å². The number of nitrogens with one attached hydrogen (secondary N) is 2. The second-order valence-electron chi connectivity index (χ2n) is 9.81. The van der Waals surface area contributed by atoms with Gasteiger partial charge in [0.05, 0.1) is 0 Å². The lowest BCUT2D eigenvalue weighted by Crippen LogP contribution is -2.49. The minimum atomic E-state index is -1.29. The summed E-state index contributed by atoms with van der Waals surface area (Å²) in [6.07, 6.45) is -1.89. The maximum Gasteiger partial charge on any atom is 0.408 e. The highest BCUT2D eigenvalue weighted by atomic mass is 16.6. The number of rotatable bonds is 8. The molecule has 2 amide bonds. The van der Waals surface area contributed by atoms with Crippen molar-refractivity contribution < 1.29 is 36.1 Å². The van der Waals surface area contributed by atoms with Crippen molar-refractivity contribution in [3.8, 4) is 0 Å². The van der Waals surface area contributed by atoms with Crippen LogP contribution in [0.15, 0.2) is 60.7 Å². The summed E-state index contributed by atoms with van der Waals surface area (Å²) in [6.45, 7) is 5.80. The SMILES string of the molecule is [2H]CC(C)(C)OC(=O)N[C@@H](Cc1ccccc1)C(=O)OC(=O)[C@H](Cc1ccccc1)NC(=O)OC(C)(C)C[2H]. The van der Waals surface area contributed by atoms with Crippen LogP contribution in [0.4, 0.5) is 9.59 Å². The van der Waals surface area contributed by atoms with Crippen LogP contribution in [0, 0.1) is 0 Å². The van der Waals surface area contributed by atoms with Crippen LogP contribution in [0.2, 0.25) is 0 Å². The minimum Gasteiger partial charge on any atom is -0.444 e. The molecule has 0 aromatic heterocycles. The van der Waals surface area contributed by atoms with Crippen LogP contribution in [0.5, 0.6) is 0 Å². The van der Waals surface area contributed by atoms with Crippen molar-refractivity contribution in [2.75, 3.05) is 0 Å². The van der Waals surface area contributed by atoms with E-state index in [-0.39, 0.29) is 26.6 Å². The Labute approximate surface area is 220 Å². The first-order chi connectivity index (χ1) is 18.3. The van der Waals surface area contributed by atoms with E-state index in [1.54, 1.807) is 88.4 Å². The minimum absolute atomic E-state index is 0.000130. The highest BCUT2D eigenvalue weighted by Crippen LogP contribution is 2.12. The fourth-order valence-corrected chi connectivity index (χ4v) is 3.17. The van der Waals surface area contributed by atoms with E-state index < -0.39 is 47.4 Å². The van der Waals surface area contributed by atoms with Gasteiger partial charge in [-0.15, -0.1) is 0 Å². The zero-order valence-electron chi connectivity index (χ0n) is 23.6. The number of alkyl carbamates (subject to hydrolysis) is 2. The molecule has 0 bridgehead atoms. The van der Waals surface area contributed by atoms with Crippen LogP contribution in [0.3, 0.4) is 0 Å². The molecular weight excluding hydrogens is 476 g/mol. The van der Waals surface area contributed by atoms with Gasteiger partial charge in [-0.25, -0.2) is 19.2 Å². The molecule has 9 heteroatoms. The third-order valence-corrected chi connectivity index (χ3v) is 4.66. The van der Waals surface area contributed by atoms with E-state index in [4.69, 9.17) is 17.0 Å². The average molecular weight is 515 g/mol. The number of amides is 2. The topological polar surface area (TPSA) is 120 Å². The van der Waals surface area contributed by atoms with E-state index in [1.807, 2.05) is 0 Å². The van der Waals surface area contributed by atoms with Gasteiger partial charge in [-0.3, -0.25) is 0 Å². The second-order valence-corrected chi connectivity index (χ2v) is 9.81. The Bertz CT molecular complexity index is 1020. The number of hydrogen-bond donors (Lipinski definition) is 2. The van der Waals surface area contributed by atoms with Crippen molar-refractivity contribution in [1.29, 1.82) is 0 Å². The number of carbonyl (C=O) groups excluding carboxylic acids is 4. The van der Waals surface area contributed by atoms with Crippen LogP contribution < -0.4 is 10.6 Å². The van der Waals surface area contributed by atoms with Gasteiger partial charge in [-0.1, -0.05) is 60.7 Å². The molecule has 200 valence electrons. The Balaban J connectivity index is 2.22. The van der Waals surface area contributed by atoms with Crippen molar-refractivity contribution in [2.24, 2.45) is 0 Å². The summed E-state index contributed by atoms with van der Waals surface area (Å²) in [7, 11) is 0. The molecule has 2 atom stereocenters. The molecule has 0 spiro atoms. The molecule has 2 N–H and O–H groups in total. The fraction of sp³-hybridized carbons (Fsp3) is 0.429. The number of benzene rings is 2. The Morgan fingerprint density at radius 3 is 1.38 bits per heavy atom. The molecule has 2 aromatic carbocycles. The molecule has 0 fully saturated rings. The predicted molar refractivity (Wildman–Crippen MR) is 138 cm³/mol. The molecule has 0 unspecified atom stereocenters. The number of ether oxygens (including phenoxy) is 3. The molecule has 0 radical (unpaired) electrons. The zero-order chi connectivity index (χ0) is 29.1. The van der Waals surface area contributed by atoms with Crippen molar-refractivity contribution >= 4 is 24.1 Å². The van der Waals surface area contributed by atoms with Gasteiger partial charge in [0.1, 0.15) is 23.3 Å². The predicted octanol–water partition coefficient (Wildman–Crippen LogP) is 4.33. The van der Waals surface area contributed by atoms with E-state index in [2.05, 4.69) is 10.6 Å². The summed E-state index contributed by atoms with van der Waals surface area (Å²) >= 11 is 0. The van der Waals surface area contributed by atoms with Gasteiger partial charge < -0.3 is 24.8 Å². The van der Waals surface area contributed by atoms with E-state index >= 15 is 0 Å². The van der Waals surface area contributed by atoms with Crippen molar-refractivity contribution in [3.05, 3.63) is 71.8 Å². The van der Waals surface area contributed by atoms with Crippen LogP contribution in [0.25, 0.3) is 0 Å². The highest BCUT2D eigenvalue weighted by Gasteiger charge is 2.32. The molecule has 0 saturated heterocycles. The third-order valence-electron chi connectivity index (χ3n) is 4.66. The summed E-state index contributed by atoms with van der Waals surface area (Å²) in [6, 6.07) is 15.0. The first kappa shape index (κ1) is 26.2. The molecule has 0 heterocycles. The smallest absolute Gasteiger partial charge is 0.408 e. The Morgan fingerprint density at radius 1 is 0.703 bits per heavy atom. The van der Waals surface area contributed by atoms with Crippen LogP contribution in [-0.4, -0.2) is 47.4 Å². The van der Waals surface area contributed by atoms with Gasteiger partial charge in [-0.05, 0) is 52.6 Å². The molecule has 9 nitrogen and oxygen atoms in total. The van der Waals surface area contributed by atoms with Gasteiger partial charge in [0.2, 0.25) is 0 Å². The molecule has 0 saturated carbocycles. The maximum absolute atomic E-state index is 13.1. The number of hydrogen-bond acceptors (Lipinski definition) is 7. The first-order valence-electron chi connectivity index (χ1n) is 13.2. The van der Waals surface area contributed by atoms with Crippen LogP contribution in [0.1, 0.15) is 55.4 Å². The molecule has 2 rings (SSSR count). The van der Waals surface area contributed by atoms with E-state index in [9.17, 15) is 19.2 Å². The fourth-order valence-electron chi connectivity index (χ4n) is 3.17. The molecule has 0 aliphatic carbocycles. The Morgan fingerprint density at radius 2 is 1.05 bits per heavy atom. The largest absolute Gasteiger partial charge is 0.444 e. The highest BCUT2D eigenvalue weighted by molar-refractivity contribution is 5.93. The summed E-state index contributed by atoms with van der Waals surface area (Å²) < 4.78 is 30.6. The van der Waals surface area contributed by atoms with Crippen molar-refractivity contribution in [2.45, 2.75) is 77.6 Å². The average Bonchev–Trinajstić information content (AvgIpc) is 2.88. The molecule has 0 aliphatic heterocycles. The summed E-state index contributed by atoms with van der Waals surface area (Å²) in [5.74, 6) is -2.10. The van der Waals surface area contributed by atoms with Crippen LogP contribution in [-0.2, 0) is 36.6 Å². The maximum atomic E-state index is 13.1. The molecular formula is C28H36N2O7. The van der Waals surface area contributed by atoms with E-state index in [1.165, 1.54) is 0 Å². The van der Waals surface area contributed by atoms with Gasteiger partial charge in [0.15, 0.2) is 0 Å². The van der Waals surface area contributed by atoms with Gasteiger partial charge in [0.25, 0.3) is 0 Å². The monoisotopic (exact) mass is 514 g/mol. The summed E-state index contributed by atoms with van der Waals surface area (Å²) in [4.78, 5) is 51.2. The Kier molecular flexibility index (Phi) is 9.13. The number of esters is 2. The molecule has 0 aliphatic rings. The van der Waals surface area contributed by atoms with E-state index in [0.29, 0.717) is 11.1 Å². The Hall–Kier alpha value is -3.88. The van der Waals surface area contributed by atoms with Gasteiger partial charge >= 0.3 is 24.1 Å². The molecule has 2 aromatic rings. The lowest BCUT2D eigenvalue weighted by Gasteiger charge is -2.24. The number of carbonyl (C=O) groups is 4. The molecule has 37 heavy (non-hydrogen) atoms. The lowest BCUT2D eigenvalue weighted by molar-refractivity contribution is -0.162.